The fourth-order valence-electron chi connectivity index (χ4n) is 3.80. The predicted molar refractivity (Wildman–Crippen MR) is 122 cm³/mol. The smallest absolute Gasteiger partial charge is 0.432 e. The lowest BCUT2D eigenvalue weighted by Crippen LogP contribution is -2.53. The maximum absolute atomic E-state index is 14.2. The van der Waals surface area contributed by atoms with Crippen molar-refractivity contribution in [1.82, 2.24) is 10.2 Å². The fourth-order valence-corrected chi connectivity index (χ4v) is 3.80. The predicted octanol–water partition coefficient (Wildman–Crippen LogP) is 2.69. The normalized spacial score (nSPS) is 19.7. The molecule has 0 aromatic heterocycles. The number of nitrogens with one attached hydrogen (secondary N) is 1. The molecule has 0 radical (unpaired) electrons. The average Bonchev–Trinajstić information content (AvgIpc) is 3.06. The summed E-state index contributed by atoms with van der Waals surface area (Å²) in [5.41, 5.74) is -4.84. The largest absolute Gasteiger partial charge is 0.465 e. The van der Waals surface area contributed by atoms with Crippen LogP contribution in [0.25, 0.3) is 0 Å². The molecule has 1 saturated heterocycles. The lowest BCUT2D eigenvalue weighted by molar-refractivity contribution is -0.277. The second-order valence-electron chi connectivity index (χ2n) is 9.19. The Morgan fingerprint density at radius 1 is 1.11 bits per heavy atom. The van der Waals surface area contributed by atoms with Crippen LogP contribution in [0.15, 0.2) is 30.3 Å². The molecule has 10 nitrogen and oxygen atoms in total. The molecule has 0 bridgehead atoms. The summed E-state index contributed by atoms with van der Waals surface area (Å²) >= 11 is 0. The van der Waals surface area contributed by atoms with E-state index in [-0.39, 0.29) is 19.6 Å². The van der Waals surface area contributed by atoms with Gasteiger partial charge in [-0.15, -0.1) is 0 Å². The van der Waals surface area contributed by atoms with Gasteiger partial charge in [0.05, 0.1) is 12.6 Å². The number of hydrogen-bond donors (Lipinski definition) is 1. The van der Waals surface area contributed by atoms with Crippen LogP contribution in [0.4, 0.5) is 18.0 Å². The first-order valence-corrected chi connectivity index (χ1v) is 11.5. The molecular formula is C24H31F3N2O8. The van der Waals surface area contributed by atoms with Gasteiger partial charge in [0.1, 0.15) is 12.1 Å². The highest BCUT2D eigenvalue weighted by molar-refractivity contribution is 5.91. The number of methoxy groups -OCH3 is 1. The summed E-state index contributed by atoms with van der Waals surface area (Å²) < 4.78 is 62.4. The van der Waals surface area contributed by atoms with Crippen LogP contribution in [0.2, 0.25) is 0 Å². The van der Waals surface area contributed by atoms with Crippen molar-refractivity contribution in [2.45, 2.75) is 63.6 Å². The van der Waals surface area contributed by atoms with Crippen molar-refractivity contribution in [3.8, 4) is 0 Å². The van der Waals surface area contributed by atoms with E-state index < -0.39 is 65.6 Å². The summed E-state index contributed by atoms with van der Waals surface area (Å²) in [6.07, 6.45) is -8.01. The average molecular weight is 533 g/mol. The Labute approximate surface area is 212 Å². The highest BCUT2D eigenvalue weighted by Crippen LogP contribution is 2.43. The van der Waals surface area contributed by atoms with E-state index in [0.717, 1.165) is 17.0 Å². The summed E-state index contributed by atoms with van der Waals surface area (Å²) in [5, 5.41) is 2.45. The van der Waals surface area contributed by atoms with Crippen molar-refractivity contribution < 1.29 is 51.3 Å². The number of hydrogen-bond acceptors (Lipinski definition) is 8. The second-order valence-corrected chi connectivity index (χ2v) is 9.19. The van der Waals surface area contributed by atoms with E-state index in [1.165, 1.54) is 18.2 Å². The number of benzene rings is 1. The summed E-state index contributed by atoms with van der Waals surface area (Å²) in [6.45, 7) is 5.73. The highest BCUT2D eigenvalue weighted by atomic mass is 19.4. The highest BCUT2D eigenvalue weighted by Gasteiger charge is 2.65. The van der Waals surface area contributed by atoms with E-state index in [0.29, 0.717) is 7.11 Å². The van der Waals surface area contributed by atoms with E-state index in [1.54, 1.807) is 27.7 Å². The lowest BCUT2D eigenvalue weighted by atomic mass is 9.92. The van der Waals surface area contributed by atoms with Crippen LogP contribution in [0.3, 0.4) is 0 Å². The van der Waals surface area contributed by atoms with Crippen molar-refractivity contribution in [1.29, 1.82) is 0 Å². The Morgan fingerprint density at radius 2 is 1.73 bits per heavy atom. The van der Waals surface area contributed by atoms with Crippen LogP contribution >= 0.6 is 0 Å². The molecule has 0 saturated carbocycles. The molecule has 0 spiro atoms. The molecular weight excluding hydrogens is 501 g/mol. The Bertz CT molecular complexity index is 980. The Kier molecular flexibility index (Phi) is 9.53. The monoisotopic (exact) mass is 532 g/mol. The third-order valence-corrected chi connectivity index (χ3v) is 5.39. The zero-order chi connectivity index (χ0) is 28.0. The van der Waals surface area contributed by atoms with Gasteiger partial charge in [-0.2, -0.15) is 13.2 Å². The van der Waals surface area contributed by atoms with E-state index in [2.05, 4.69) is 5.32 Å². The molecule has 1 fully saturated rings. The number of rotatable bonds is 9. The van der Waals surface area contributed by atoms with Crippen LogP contribution in [0.5, 0.6) is 0 Å². The molecule has 1 aromatic carbocycles. The maximum atomic E-state index is 14.2. The van der Waals surface area contributed by atoms with Gasteiger partial charge in [-0.25, -0.2) is 9.59 Å². The van der Waals surface area contributed by atoms with Crippen molar-refractivity contribution in [2.24, 2.45) is 0 Å². The van der Waals surface area contributed by atoms with Gasteiger partial charge >= 0.3 is 24.2 Å². The summed E-state index contributed by atoms with van der Waals surface area (Å²) in [4.78, 5) is 51.1. The number of alkyl carbamates (subject to hydrolysis) is 1. The Balaban J connectivity index is 2.29. The number of likely N-dealkylation sites (tertiary alicyclic amines) is 1. The molecule has 3 atom stereocenters. The van der Waals surface area contributed by atoms with Gasteiger partial charge in [0.25, 0.3) is 11.5 Å². The number of amides is 2. The van der Waals surface area contributed by atoms with Crippen LogP contribution < -0.4 is 5.32 Å². The van der Waals surface area contributed by atoms with Crippen LogP contribution in [-0.4, -0.2) is 79.6 Å². The molecule has 37 heavy (non-hydrogen) atoms. The second kappa shape index (κ2) is 11.8. The number of ether oxygens (including phenoxy) is 4. The Hall–Kier alpha value is -3.35. The molecule has 1 heterocycles. The first-order chi connectivity index (χ1) is 17.2. The zero-order valence-electron chi connectivity index (χ0n) is 21.2. The number of alkyl halides is 3. The topological polar surface area (TPSA) is 120 Å². The quantitative estimate of drug-likeness (QED) is 0.381. The summed E-state index contributed by atoms with van der Waals surface area (Å²) in [6, 6.07) is 5.25. The first-order valence-electron chi connectivity index (χ1n) is 11.5. The molecule has 1 aliphatic heterocycles. The van der Waals surface area contributed by atoms with Gasteiger partial charge in [-0.05, 0) is 27.7 Å². The SMILES string of the molecule is CCOC(=O)CN1C(=O)[C@H](OC(=O)[C@@](OC)(c2ccccc2)C(F)(F)F)C[C@@H]1CNC(=O)OC(C)(C)C. The van der Waals surface area contributed by atoms with Gasteiger partial charge in [0, 0.05) is 25.6 Å². The van der Waals surface area contributed by atoms with Gasteiger partial charge in [-0.3, -0.25) is 9.59 Å². The molecule has 0 aliphatic carbocycles. The van der Waals surface area contributed by atoms with E-state index in [9.17, 15) is 32.3 Å². The fraction of sp³-hybridized carbons (Fsp3) is 0.583. The minimum atomic E-state index is -5.23. The van der Waals surface area contributed by atoms with Crippen molar-refractivity contribution in [3.63, 3.8) is 0 Å². The van der Waals surface area contributed by atoms with Crippen LogP contribution in [0.1, 0.15) is 39.7 Å². The third-order valence-electron chi connectivity index (χ3n) is 5.39. The number of nitrogens with zero attached hydrogens (tertiary/aromatic N) is 1. The minimum Gasteiger partial charge on any atom is -0.465 e. The van der Waals surface area contributed by atoms with Crippen LogP contribution in [0, 0.1) is 0 Å². The Morgan fingerprint density at radius 3 is 2.24 bits per heavy atom. The molecule has 2 amide bonds. The molecule has 206 valence electrons. The third kappa shape index (κ3) is 7.12. The molecule has 1 aliphatic rings. The summed E-state index contributed by atoms with van der Waals surface area (Å²) in [7, 11) is 0.707. The van der Waals surface area contributed by atoms with E-state index in [1.807, 2.05) is 0 Å². The van der Waals surface area contributed by atoms with Gasteiger partial charge in [0.2, 0.25) is 0 Å². The van der Waals surface area contributed by atoms with Crippen molar-refractivity contribution >= 4 is 23.9 Å². The van der Waals surface area contributed by atoms with E-state index in [4.69, 9.17) is 18.9 Å². The van der Waals surface area contributed by atoms with Gasteiger partial charge < -0.3 is 29.2 Å². The van der Waals surface area contributed by atoms with Gasteiger partial charge in [0.15, 0.2) is 6.10 Å². The molecule has 13 heteroatoms. The van der Waals surface area contributed by atoms with Crippen molar-refractivity contribution in [2.75, 3.05) is 26.8 Å². The molecule has 0 unspecified atom stereocenters. The lowest BCUT2D eigenvalue weighted by Gasteiger charge is -2.33. The number of carbonyl (C=O) groups excluding carboxylic acids is 4. The standard InChI is InChI=1S/C24H31F3N2O8/c1-6-35-18(30)14-29-16(13-28-21(33)37-22(2,3)4)12-17(19(29)31)36-20(32)23(34-5,24(25,26)27)15-10-8-7-9-11-15/h7-11,16-17H,6,12-14H2,1-5H3,(H,28,33)/t16-,17-,23+/m1/s1. The minimum absolute atomic E-state index is 0.0269. The van der Waals surface area contributed by atoms with Gasteiger partial charge in [-0.1, -0.05) is 30.3 Å². The van der Waals surface area contributed by atoms with Crippen molar-refractivity contribution in [3.05, 3.63) is 35.9 Å². The molecule has 1 N–H and O–H groups in total. The van der Waals surface area contributed by atoms with E-state index >= 15 is 0 Å². The number of esters is 2. The zero-order valence-corrected chi connectivity index (χ0v) is 21.2. The first kappa shape index (κ1) is 29.9. The molecule has 1 aromatic rings. The maximum Gasteiger partial charge on any atom is 0.432 e. The molecule has 2 rings (SSSR count). The van der Waals surface area contributed by atoms with Crippen LogP contribution in [-0.2, 0) is 38.9 Å². The number of halogens is 3. The summed E-state index contributed by atoms with van der Waals surface area (Å²) in [5.74, 6) is -3.54. The number of carbonyl (C=O) groups is 4.